The predicted molar refractivity (Wildman–Crippen MR) is 117 cm³/mol. The van der Waals surface area contributed by atoms with Crippen LogP contribution >= 0.6 is 0 Å². The molecule has 33 heavy (non-hydrogen) atoms. The molecule has 8 nitrogen and oxygen atoms in total. The van der Waals surface area contributed by atoms with Crippen molar-refractivity contribution in [3.8, 4) is 17.1 Å². The van der Waals surface area contributed by atoms with E-state index >= 15 is 0 Å². The van der Waals surface area contributed by atoms with E-state index in [4.69, 9.17) is 4.42 Å². The van der Waals surface area contributed by atoms with Crippen LogP contribution in [-0.2, 0) is 12.8 Å². The number of aromatic hydroxyl groups is 1. The molecule has 0 unspecified atom stereocenters. The molecule has 0 radical (unpaired) electrons. The van der Waals surface area contributed by atoms with Gasteiger partial charge in [-0.1, -0.05) is 30.3 Å². The molecule has 0 bridgehead atoms. The van der Waals surface area contributed by atoms with E-state index < -0.39 is 10.7 Å². The number of nitro benzene ring substituents is 1. The minimum Gasteiger partial charge on any atom is -0.493 e. The van der Waals surface area contributed by atoms with Crippen molar-refractivity contribution in [3.05, 3.63) is 112 Å². The highest BCUT2D eigenvalue weighted by Crippen LogP contribution is 2.30. The average Bonchev–Trinajstić information content (AvgIpc) is 3.43. The van der Waals surface area contributed by atoms with Crippen LogP contribution in [0.4, 0.5) is 10.1 Å². The fraction of sp³-hybridized carbons (Fsp3) is 0.0833. The first-order valence-corrected chi connectivity index (χ1v) is 10.1. The zero-order valence-electron chi connectivity index (χ0n) is 17.2. The standard InChI is InChI=1S/C24H17FN4O4/c25-17-10-16(11-18(12-17)29(31)32)22-14-28-23(20(26-22)9-15-5-2-1-3-6-15)27-21(24(28)30)13-19-7-4-8-33-19/h1-8,10-12,14,30H,9,13H2. The molecular formula is C24H17FN4O4. The number of aromatic nitrogens is 3. The molecule has 0 saturated heterocycles. The summed E-state index contributed by atoms with van der Waals surface area (Å²) in [4.78, 5) is 19.8. The number of imidazole rings is 1. The van der Waals surface area contributed by atoms with Gasteiger partial charge in [0.05, 0.1) is 35.1 Å². The zero-order valence-corrected chi connectivity index (χ0v) is 17.2. The quantitative estimate of drug-likeness (QED) is 0.294. The lowest BCUT2D eigenvalue weighted by Crippen LogP contribution is -2.01. The van der Waals surface area contributed by atoms with E-state index in [2.05, 4.69) is 9.97 Å². The van der Waals surface area contributed by atoms with Gasteiger partial charge in [-0.3, -0.25) is 14.5 Å². The highest BCUT2D eigenvalue weighted by Gasteiger charge is 2.20. The van der Waals surface area contributed by atoms with Crippen molar-refractivity contribution in [1.29, 1.82) is 0 Å². The molecule has 0 amide bonds. The molecule has 0 aliphatic heterocycles. The van der Waals surface area contributed by atoms with Crippen molar-refractivity contribution in [3.63, 3.8) is 0 Å². The Hall–Kier alpha value is -4.53. The van der Waals surface area contributed by atoms with Gasteiger partial charge in [-0.15, -0.1) is 0 Å². The fourth-order valence-corrected chi connectivity index (χ4v) is 3.71. The SMILES string of the molecule is O=[N+]([O-])c1cc(F)cc(-c2cn3c(O)c(Cc4ccco4)nc3c(Cc3ccccc3)n2)c1. The maximum absolute atomic E-state index is 14.1. The van der Waals surface area contributed by atoms with E-state index in [0.29, 0.717) is 29.2 Å². The third-order valence-corrected chi connectivity index (χ3v) is 5.25. The van der Waals surface area contributed by atoms with Crippen molar-refractivity contribution in [2.24, 2.45) is 0 Å². The molecular weight excluding hydrogens is 427 g/mol. The highest BCUT2D eigenvalue weighted by molar-refractivity contribution is 5.65. The first-order valence-electron chi connectivity index (χ1n) is 10.1. The monoisotopic (exact) mass is 444 g/mol. The molecule has 3 aromatic heterocycles. The molecule has 5 rings (SSSR count). The van der Waals surface area contributed by atoms with Gasteiger partial charge in [-0.2, -0.15) is 0 Å². The van der Waals surface area contributed by atoms with E-state index in [1.54, 1.807) is 18.4 Å². The Balaban J connectivity index is 1.69. The molecule has 0 aliphatic carbocycles. The number of halogens is 1. The molecule has 0 spiro atoms. The highest BCUT2D eigenvalue weighted by atomic mass is 19.1. The minimum atomic E-state index is -0.751. The van der Waals surface area contributed by atoms with Crippen LogP contribution in [0.1, 0.15) is 22.7 Å². The molecule has 0 aliphatic rings. The third kappa shape index (κ3) is 4.03. The molecule has 1 N–H and O–H groups in total. The molecule has 0 fully saturated rings. The third-order valence-electron chi connectivity index (χ3n) is 5.25. The summed E-state index contributed by atoms with van der Waals surface area (Å²) in [6.45, 7) is 0. The predicted octanol–water partition coefficient (Wildman–Crippen LogP) is 4.92. The Labute approximate surface area is 186 Å². The van der Waals surface area contributed by atoms with Crippen molar-refractivity contribution in [2.75, 3.05) is 0 Å². The van der Waals surface area contributed by atoms with E-state index in [9.17, 15) is 19.6 Å². The summed E-state index contributed by atoms with van der Waals surface area (Å²) in [5, 5.41) is 22.1. The molecule has 0 atom stereocenters. The van der Waals surface area contributed by atoms with Crippen molar-refractivity contribution < 1.29 is 18.8 Å². The largest absolute Gasteiger partial charge is 0.493 e. The smallest absolute Gasteiger partial charge is 0.273 e. The van der Waals surface area contributed by atoms with Crippen molar-refractivity contribution in [2.45, 2.75) is 12.8 Å². The normalized spacial score (nSPS) is 11.2. The molecule has 3 heterocycles. The second kappa shape index (κ2) is 8.19. The summed E-state index contributed by atoms with van der Waals surface area (Å²) < 4.78 is 21.0. The fourth-order valence-electron chi connectivity index (χ4n) is 3.71. The van der Waals surface area contributed by atoms with Gasteiger partial charge in [0.15, 0.2) is 5.65 Å². The van der Waals surface area contributed by atoms with Gasteiger partial charge in [-0.25, -0.2) is 14.4 Å². The van der Waals surface area contributed by atoms with E-state index in [-0.39, 0.29) is 29.2 Å². The second-order valence-electron chi connectivity index (χ2n) is 7.52. The van der Waals surface area contributed by atoms with Gasteiger partial charge in [0.25, 0.3) is 5.69 Å². The van der Waals surface area contributed by atoms with E-state index in [1.807, 2.05) is 30.3 Å². The number of fused-ring (bicyclic) bond motifs is 1. The lowest BCUT2D eigenvalue weighted by atomic mass is 10.1. The number of non-ortho nitro benzene ring substituents is 1. The number of nitro groups is 1. The number of rotatable bonds is 6. The molecule has 0 saturated carbocycles. The van der Waals surface area contributed by atoms with Gasteiger partial charge in [0, 0.05) is 24.2 Å². The van der Waals surface area contributed by atoms with Crippen LogP contribution < -0.4 is 0 Å². The van der Waals surface area contributed by atoms with Gasteiger partial charge >= 0.3 is 0 Å². The average molecular weight is 444 g/mol. The van der Waals surface area contributed by atoms with Gasteiger partial charge < -0.3 is 9.52 Å². The first-order chi connectivity index (χ1) is 16.0. The minimum absolute atomic E-state index is 0.106. The summed E-state index contributed by atoms with van der Waals surface area (Å²) in [6.07, 6.45) is 3.70. The number of hydrogen-bond donors (Lipinski definition) is 1. The van der Waals surface area contributed by atoms with Gasteiger partial charge in [0.1, 0.15) is 17.3 Å². The molecule has 2 aromatic carbocycles. The van der Waals surface area contributed by atoms with Crippen molar-refractivity contribution >= 4 is 11.3 Å². The van der Waals surface area contributed by atoms with Crippen molar-refractivity contribution in [1.82, 2.24) is 14.4 Å². The maximum Gasteiger partial charge on any atom is 0.273 e. The number of benzene rings is 2. The van der Waals surface area contributed by atoms with Crippen LogP contribution in [0.3, 0.4) is 0 Å². The summed E-state index contributed by atoms with van der Waals surface area (Å²) in [5.74, 6) is -0.225. The molecule has 9 heteroatoms. The van der Waals surface area contributed by atoms with E-state index in [0.717, 1.165) is 11.6 Å². The number of hydrogen-bond acceptors (Lipinski definition) is 6. The summed E-state index contributed by atoms with van der Waals surface area (Å²) in [5.41, 5.74) is 2.43. The Morgan fingerprint density at radius 2 is 1.85 bits per heavy atom. The van der Waals surface area contributed by atoms with E-state index in [1.165, 1.54) is 22.7 Å². The zero-order chi connectivity index (χ0) is 22.9. The van der Waals surface area contributed by atoms with Crippen LogP contribution in [0.2, 0.25) is 0 Å². The second-order valence-corrected chi connectivity index (χ2v) is 7.52. The maximum atomic E-state index is 14.1. The molecule has 5 aromatic rings. The Kier molecular flexibility index (Phi) is 5.06. The summed E-state index contributed by atoms with van der Waals surface area (Å²) in [7, 11) is 0. The topological polar surface area (TPSA) is 107 Å². The van der Waals surface area contributed by atoms with Crippen LogP contribution in [-0.4, -0.2) is 24.4 Å². The van der Waals surface area contributed by atoms with Crippen LogP contribution in [0.15, 0.2) is 77.5 Å². The van der Waals surface area contributed by atoms with Crippen LogP contribution in [0, 0.1) is 15.9 Å². The van der Waals surface area contributed by atoms with Gasteiger partial charge in [0.2, 0.25) is 5.88 Å². The summed E-state index contributed by atoms with van der Waals surface area (Å²) in [6, 6.07) is 16.4. The Morgan fingerprint density at radius 1 is 1.03 bits per heavy atom. The van der Waals surface area contributed by atoms with Gasteiger partial charge in [-0.05, 0) is 23.8 Å². The Morgan fingerprint density at radius 3 is 2.58 bits per heavy atom. The Bertz CT molecular complexity index is 1460. The van der Waals surface area contributed by atoms with Crippen LogP contribution in [0.5, 0.6) is 5.88 Å². The number of nitrogens with zero attached hydrogens (tertiary/aromatic N) is 4. The lowest BCUT2D eigenvalue weighted by Gasteiger charge is -2.09. The number of furan rings is 1. The summed E-state index contributed by atoms with van der Waals surface area (Å²) >= 11 is 0. The lowest BCUT2D eigenvalue weighted by molar-refractivity contribution is -0.385. The van der Waals surface area contributed by atoms with Crippen LogP contribution in [0.25, 0.3) is 16.9 Å². The first kappa shape index (κ1) is 20.4. The molecule has 164 valence electrons.